The van der Waals surface area contributed by atoms with Crippen LogP contribution < -0.4 is 5.32 Å². The first kappa shape index (κ1) is 17.0. The summed E-state index contributed by atoms with van der Waals surface area (Å²) in [5, 5.41) is 3.71. The van der Waals surface area contributed by atoms with E-state index >= 15 is 0 Å². The Morgan fingerprint density at radius 2 is 1.91 bits per heavy atom. The van der Waals surface area contributed by atoms with Gasteiger partial charge in [0.2, 0.25) is 5.91 Å². The van der Waals surface area contributed by atoms with Crippen LogP contribution in [0.1, 0.15) is 48.9 Å². The van der Waals surface area contributed by atoms with Gasteiger partial charge in [-0.3, -0.25) is 4.79 Å². The van der Waals surface area contributed by atoms with Gasteiger partial charge in [-0.25, -0.2) is 0 Å². The maximum atomic E-state index is 11.8. The Bertz CT molecular complexity index is 538. The molecule has 1 aliphatic rings. The highest BCUT2D eigenvalue weighted by molar-refractivity contribution is 5.75. The summed E-state index contributed by atoms with van der Waals surface area (Å²) in [4.78, 5) is 13.8. The van der Waals surface area contributed by atoms with Crippen molar-refractivity contribution in [3.63, 3.8) is 0 Å². The number of hydrogen-bond donors (Lipinski definition) is 1. The zero-order valence-corrected chi connectivity index (χ0v) is 14.7. The second kappa shape index (κ2) is 7.28. The first-order valence-corrected chi connectivity index (χ1v) is 8.50. The molecule has 1 aliphatic heterocycles. The molecule has 0 bridgehead atoms. The molecule has 1 heterocycles. The van der Waals surface area contributed by atoms with E-state index in [1.54, 1.807) is 0 Å². The predicted octanol–water partition coefficient (Wildman–Crippen LogP) is 3.35. The Kier molecular flexibility index (Phi) is 5.63. The van der Waals surface area contributed by atoms with E-state index in [0.29, 0.717) is 18.4 Å². The maximum absolute atomic E-state index is 11.8. The molecular weight excluding hydrogens is 272 g/mol. The summed E-state index contributed by atoms with van der Waals surface area (Å²) in [6.07, 6.45) is 1.67. The SMILES string of the molecule is CCC(=O)N1CC[C@H](NCc2cc(C)c(C)cc2C)[C@@H](C)C1. The minimum Gasteiger partial charge on any atom is -0.342 e. The zero-order valence-electron chi connectivity index (χ0n) is 14.7. The van der Waals surface area contributed by atoms with E-state index in [9.17, 15) is 4.79 Å². The van der Waals surface area contributed by atoms with E-state index in [2.05, 4.69) is 45.1 Å². The van der Waals surface area contributed by atoms with E-state index in [-0.39, 0.29) is 5.91 Å². The lowest BCUT2D eigenvalue weighted by molar-refractivity contribution is -0.132. The molecule has 0 unspecified atom stereocenters. The molecule has 1 N–H and O–H groups in total. The lowest BCUT2D eigenvalue weighted by Gasteiger charge is -2.37. The molecule has 0 radical (unpaired) electrons. The summed E-state index contributed by atoms with van der Waals surface area (Å²) < 4.78 is 0. The van der Waals surface area contributed by atoms with Crippen LogP contribution in [0, 0.1) is 26.7 Å². The normalized spacial score (nSPS) is 22.0. The van der Waals surface area contributed by atoms with E-state index < -0.39 is 0 Å². The predicted molar refractivity (Wildman–Crippen MR) is 91.9 cm³/mol. The highest BCUT2D eigenvalue weighted by atomic mass is 16.2. The number of nitrogens with zero attached hydrogens (tertiary/aromatic N) is 1. The lowest BCUT2D eigenvalue weighted by atomic mass is 9.93. The Morgan fingerprint density at radius 1 is 1.23 bits per heavy atom. The van der Waals surface area contributed by atoms with Gasteiger partial charge in [0.15, 0.2) is 0 Å². The van der Waals surface area contributed by atoms with Gasteiger partial charge in [0.25, 0.3) is 0 Å². The van der Waals surface area contributed by atoms with Crippen LogP contribution in [0.5, 0.6) is 0 Å². The average Bonchev–Trinajstić information content (AvgIpc) is 2.49. The molecule has 22 heavy (non-hydrogen) atoms. The van der Waals surface area contributed by atoms with Crippen molar-refractivity contribution >= 4 is 5.91 Å². The van der Waals surface area contributed by atoms with Gasteiger partial charge in [-0.2, -0.15) is 0 Å². The number of likely N-dealkylation sites (tertiary alicyclic amines) is 1. The van der Waals surface area contributed by atoms with E-state index in [0.717, 1.165) is 26.1 Å². The highest BCUT2D eigenvalue weighted by Gasteiger charge is 2.27. The first-order chi connectivity index (χ1) is 10.4. The smallest absolute Gasteiger partial charge is 0.222 e. The third-order valence-electron chi connectivity index (χ3n) is 5.07. The summed E-state index contributed by atoms with van der Waals surface area (Å²) in [5.41, 5.74) is 5.48. The van der Waals surface area contributed by atoms with Crippen LogP contribution in [0.15, 0.2) is 12.1 Å². The number of amides is 1. The van der Waals surface area contributed by atoms with E-state index in [1.165, 1.54) is 22.3 Å². The molecule has 2 atom stereocenters. The third-order valence-corrected chi connectivity index (χ3v) is 5.07. The van der Waals surface area contributed by atoms with Gasteiger partial charge in [-0.1, -0.05) is 26.0 Å². The number of benzene rings is 1. The standard InChI is InChI=1S/C19H30N2O/c1-6-19(22)21-8-7-18(16(5)12-21)20-11-17-10-14(3)13(2)9-15(17)4/h9-10,16,18,20H,6-8,11-12H2,1-5H3/t16-,18-/m0/s1. The molecule has 0 spiro atoms. The fraction of sp³-hybridized carbons (Fsp3) is 0.632. The largest absolute Gasteiger partial charge is 0.342 e. The van der Waals surface area contributed by atoms with Crippen LogP contribution in [0.4, 0.5) is 0 Å². The van der Waals surface area contributed by atoms with Crippen molar-refractivity contribution in [2.75, 3.05) is 13.1 Å². The van der Waals surface area contributed by atoms with E-state index in [4.69, 9.17) is 0 Å². The van der Waals surface area contributed by atoms with Crippen molar-refractivity contribution in [2.24, 2.45) is 5.92 Å². The molecule has 1 saturated heterocycles. The molecular formula is C19H30N2O. The molecule has 3 heteroatoms. The van der Waals surface area contributed by atoms with Crippen molar-refractivity contribution < 1.29 is 4.79 Å². The van der Waals surface area contributed by atoms with Gasteiger partial charge in [0, 0.05) is 32.1 Å². The number of carbonyl (C=O) groups is 1. The van der Waals surface area contributed by atoms with Crippen LogP contribution in [0.3, 0.4) is 0 Å². The molecule has 0 saturated carbocycles. The van der Waals surface area contributed by atoms with Crippen LogP contribution >= 0.6 is 0 Å². The Morgan fingerprint density at radius 3 is 2.55 bits per heavy atom. The molecule has 0 aromatic heterocycles. The number of carbonyl (C=O) groups excluding carboxylic acids is 1. The van der Waals surface area contributed by atoms with Crippen molar-refractivity contribution in [1.82, 2.24) is 10.2 Å². The third kappa shape index (κ3) is 3.89. The van der Waals surface area contributed by atoms with Crippen molar-refractivity contribution in [3.05, 3.63) is 34.4 Å². The summed E-state index contributed by atoms with van der Waals surface area (Å²) in [6, 6.07) is 5.08. The van der Waals surface area contributed by atoms with Gasteiger partial charge in [-0.15, -0.1) is 0 Å². The average molecular weight is 302 g/mol. The molecule has 1 aromatic carbocycles. The molecule has 0 aliphatic carbocycles. The molecule has 2 rings (SSSR count). The fourth-order valence-corrected chi connectivity index (χ4v) is 3.35. The minimum absolute atomic E-state index is 0.287. The molecule has 122 valence electrons. The number of piperidine rings is 1. The lowest BCUT2D eigenvalue weighted by Crippen LogP contribution is -2.49. The summed E-state index contributed by atoms with van der Waals surface area (Å²) >= 11 is 0. The van der Waals surface area contributed by atoms with Gasteiger partial charge in [0.05, 0.1) is 0 Å². The number of rotatable bonds is 4. The fourth-order valence-electron chi connectivity index (χ4n) is 3.35. The van der Waals surface area contributed by atoms with Crippen LogP contribution in [0.2, 0.25) is 0 Å². The molecule has 1 aromatic rings. The van der Waals surface area contributed by atoms with E-state index in [1.807, 2.05) is 11.8 Å². The zero-order chi connectivity index (χ0) is 16.3. The van der Waals surface area contributed by atoms with Crippen LogP contribution in [0.25, 0.3) is 0 Å². The minimum atomic E-state index is 0.287. The topological polar surface area (TPSA) is 32.3 Å². The van der Waals surface area contributed by atoms with Crippen molar-refractivity contribution in [1.29, 1.82) is 0 Å². The van der Waals surface area contributed by atoms with Crippen LogP contribution in [-0.4, -0.2) is 29.9 Å². The summed E-state index contributed by atoms with van der Waals surface area (Å²) in [6.45, 7) is 13.4. The molecule has 3 nitrogen and oxygen atoms in total. The first-order valence-electron chi connectivity index (χ1n) is 8.50. The summed E-state index contributed by atoms with van der Waals surface area (Å²) in [5.74, 6) is 0.798. The quantitative estimate of drug-likeness (QED) is 0.925. The van der Waals surface area contributed by atoms with Gasteiger partial charge >= 0.3 is 0 Å². The highest BCUT2D eigenvalue weighted by Crippen LogP contribution is 2.20. The maximum Gasteiger partial charge on any atom is 0.222 e. The second-order valence-corrected chi connectivity index (χ2v) is 6.81. The van der Waals surface area contributed by atoms with Crippen LogP contribution in [-0.2, 0) is 11.3 Å². The van der Waals surface area contributed by atoms with Gasteiger partial charge in [-0.05, 0) is 55.4 Å². The number of nitrogens with one attached hydrogen (secondary N) is 1. The molecule has 1 fully saturated rings. The van der Waals surface area contributed by atoms with Gasteiger partial charge in [0.1, 0.15) is 0 Å². The second-order valence-electron chi connectivity index (χ2n) is 6.81. The van der Waals surface area contributed by atoms with Gasteiger partial charge < -0.3 is 10.2 Å². The molecule has 1 amide bonds. The summed E-state index contributed by atoms with van der Waals surface area (Å²) in [7, 11) is 0. The van der Waals surface area contributed by atoms with Crippen molar-refractivity contribution in [2.45, 2.75) is 60.0 Å². The number of hydrogen-bond acceptors (Lipinski definition) is 2. The Hall–Kier alpha value is -1.35. The monoisotopic (exact) mass is 302 g/mol. The Labute approximate surface area is 135 Å². The van der Waals surface area contributed by atoms with Crippen molar-refractivity contribution in [3.8, 4) is 0 Å². The Balaban J connectivity index is 1.93. The number of aryl methyl sites for hydroxylation is 3.